The Morgan fingerprint density at radius 1 is 1.19 bits per heavy atom. The van der Waals surface area contributed by atoms with E-state index >= 15 is 0 Å². The van der Waals surface area contributed by atoms with Gasteiger partial charge in [-0.1, -0.05) is 45.0 Å². The third-order valence-electron chi connectivity index (χ3n) is 4.96. The van der Waals surface area contributed by atoms with Crippen LogP contribution in [-0.2, 0) is 15.0 Å². The summed E-state index contributed by atoms with van der Waals surface area (Å²) < 4.78 is 26.5. The van der Waals surface area contributed by atoms with Crippen LogP contribution in [0.1, 0.15) is 70.0 Å². The Morgan fingerprint density at radius 2 is 1.73 bits per heavy atom. The normalized spacial score (nSPS) is 19.0. The first-order chi connectivity index (χ1) is 12.0. The Morgan fingerprint density at radius 3 is 2.19 bits per heavy atom. The first-order valence-electron chi connectivity index (χ1n) is 8.98. The molecule has 4 nitrogen and oxygen atoms in total. The molecule has 0 spiro atoms. The number of hydrogen-bond donors (Lipinski definition) is 2. The monoisotopic (exact) mass is 367 g/mol. The lowest BCUT2D eigenvalue weighted by Crippen LogP contribution is -2.38. The highest BCUT2D eigenvalue weighted by atomic mass is 19.3. The van der Waals surface area contributed by atoms with Gasteiger partial charge in [0.25, 0.3) is 0 Å². The van der Waals surface area contributed by atoms with Gasteiger partial charge in [0, 0.05) is 18.8 Å². The quantitative estimate of drug-likeness (QED) is 0.808. The number of carbonyl (C=O) groups is 2. The maximum atomic E-state index is 13.3. The molecule has 1 aliphatic carbocycles. The van der Waals surface area contributed by atoms with E-state index in [1.807, 2.05) is 24.3 Å². The zero-order valence-electron chi connectivity index (χ0n) is 15.5. The van der Waals surface area contributed by atoms with Crippen molar-refractivity contribution in [2.24, 2.45) is 5.92 Å². The molecule has 1 amide bonds. The van der Waals surface area contributed by atoms with Gasteiger partial charge in [-0.25, -0.2) is 8.78 Å². The number of benzene rings is 1. The fourth-order valence-electron chi connectivity index (χ4n) is 3.23. The van der Waals surface area contributed by atoms with Gasteiger partial charge in [-0.2, -0.15) is 0 Å². The Kier molecular flexibility index (Phi) is 6.04. The molecule has 1 fully saturated rings. The van der Waals surface area contributed by atoms with Gasteiger partial charge >= 0.3 is 5.97 Å². The van der Waals surface area contributed by atoms with Crippen molar-refractivity contribution < 1.29 is 23.5 Å². The summed E-state index contributed by atoms with van der Waals surface area (Å²) in [5.41, 5.74) is 1.78. The number of aliphatic carboxylic acids is 1. The third kappa shape index (κ3) is 5.51. The molecule has 0 aliphatic heterocycles. The van der Waals surface area contributed by atoms with Crippen molar-refractivity contribution in [3.05, 3.63) is 35.4 Å². The van der Waals surface area contributed by atoms with Crippen LogP contribution in [0.2, 0.25) is 0 Å². The molecule has 1 unspecified atom stereocenters. The molecular weight excluding hydrogens is 340 g/mol. The Labute approximate surface area is 153 Å². The van der Waals surface area contributed by atoms with E-state index in [0.717, 1.165) is 5.56 Å². The Bertz CT molecular complexity index is 640. The van der Waals surface area contributed by atoms with Gasteiger partial charge in [0.2, 0.25) is 11.8 Å². The van der Waals surface area contributed by atoms with E-state index in [0.29, 0.717) is 5.56 Å². The first-order valence-corrected chi connectivity index (χ1v) is 8.98. The van der Waals surface area contributed by atoms with Crippen molar-refractivity contribution in [3.63, 3.8) is 0 Å². The standard InChI is InChI=1S/C20H27F2NO3/c1-19(2,3)15-6-4-13(5-7-15)16(12-17(24)25)23-18(26)14-8-10-20(21,22)11-9-14/h4-7,14,16H,8-12H2,1-3H3,(H,23,26)(H,24,25). The fourth-order valence-corrected chi connectivity index (χ4v) is 3.23. The van der Waals surface area contributed by atoms with Crippen molar-refractivity contribution >= 4 is 11.9 Å². The van der Waals surface area contributed by atoms with Crippen molar-refractivity contribution in [1.29, 1.82) is 0 Å². The van der Waals surface area contributed by atoms with Gasteiger partial charge in [-0.15, -0.1) is 0 Å². The highest BCUT2D eigenvalue weighted by Gasteiger charge is 2.38. The Balaban J connectivity index is 2.10. The number of carboxylic acid groups (broad SMARTS) is 1. The van der Waals surface area contributed by atoms with Crippen LogP contribution in [0.3, 0.4) is 0 Å². The number of hydrogen-bond acceptors (Lipinski definition) is 2. The SMILES string of the molecule is CC(C)(C)c1ccc(C(CC(=O)O)NC(=O)C2CCC(F)(F)CC2)cc1. The second-order valence-electron chi connectivity index (χ2n) is 8.16. The zero-order valence-corrected chi connectivity index (χ0v) is 15.5. The van der Waals surface area contributed by atoms with E-state index in [1.54, 1.807) is 0 Å². The molecule has 1 saturated carbocycles. The third-order valence-corrected chi connectivity index (χ3v) is 4.96. The topological polar surface area (TPSA) is 66.4 Å². The lowest BCUT2D eigenvalue weighted by molar-refractivity contribution is -0.138. The summed E-state index contributed by atoms with van der Waals surface area (Å²) in [6, 6.07) is 6.83. The van der Waals surface area contributed by atoms with E-state index in [1.165, 1.54) is 0 Å². The van der Waals surface area contributed by atoms with E-state index in [2.05, 4.69) is 26.1 Å². The molecule has 2 rings (SSSR count). The Hall–Kier alpha value is -1.98. The zero-order chi connectivity index (χ0) is 19.5. The molecule has 2 N–H and O–H groups in total. The van der Waals surface area contributed by atoms with Crippen molar-refractivity contribution in [2.75, 3.05) is 0 Å². The van der Waals surface area contributed by atoms with Crippen LogP contribution in [0.15, 0.2) is 24.3 Å². The predicted octanol–water partition coefficient (Wildman–Crippen LogP) is 4.44. The van der Waals surface area contributed by atoms with Crippen LogP contribution < -0.4 is 5.32 Å². The second-order valence-corrected chi connectivity index (χ2v) is 8.16. The van der Waals surface area contributed by atoms with Crippen LogP contribution in [-0.4, -0.2) is 22.9 Å². The molecule has 6 heteroatoms. The van der Waals surface area contributed by atoms with E-state index in [4.69, 9.17) is 0 Å². The minimum atomic E-state index is -2.69. The van der Waals surface area contributed by atoms with Crippen LogP contribution in [0.4, 0.5) is 8.78 Å². The summed E-state index contributed by atoms with van der Waals surface area (Å²) in [6.07, 6.45) is -0.587. The molecule has 0 radical (unpaired) electrons. The van der Waals surface area contributed by atoms with Gasteiger partial charge in [0.1, 0.15) is 0 Å². The van der Waals surface area contributed by atoms with Gasteiger partial charge in [-0.3, -0.25) is 9.59 Å². The largest absolute Gasteiger partial charge is 0.481 e. The molecule has 1 aromatic rings. The van der Waals surface area contributed by atoms with Crippen LogP contribution in [0, 0.1) is 5.92 Å². The van der Waals surface area contributed by atoms with Crippen molar-refractivity contribution in [2.45, 2.75) is 70.3 Å². The predicted molar refractivity (Wildman–Crippen MR) is 95.2 cm³/mol. The molecule has 144 valence electrons. The van der Waals surface area contributed by atoms with E-state index in [9.17, 15) is 23.5 Å². The molecule has 1 atom stereocenters. The fraction of sp³-hybridized carbons (Fsp3) is 0.600. The molecule has 0 saturated heterocycles. The molecule has 1 aromatic carbocycles. The van der Waals surface area contributed by atoms with Crippen molar-refractivity contribution in [3.8, 4) is 0 Å². The number of alkyl halides is 2. The number of nitrogens with one attached hydrogen (secondary N) is 1. The van der Waals surface area contributed by atoms with E-state index < -0.39 is 23.9 Å². The van der Waals surface area contributed by atoms with Crippen LogP contribution in [0.5, 0.6) is 0 Å². The number of carbonyl (C=O) groups excluding carboxylic acids is 1. The lowest BCUT2D eigenvalue weighted by atomic mass is 9.85. The summed E-state index contributed by atoms with van der Waals surface area (Å²) in [5, 5.41) is 11.9. The molecule has 0 aromatic heterocycles. The minimum Gasteiger partial charge on any atom is -0.481 e. The first kappa shape index (κ1) is 20.3. The van der Waals surface area contributed by atoms with Gasteiger partial charge < -0.3 is 10.4 Å². The number of carboxylic acids is 1. The molecular formula is C20H27F2NO3. The summed E-state index contributed by atoms with van der Waals surface area (Å²) in [4.78, 5) is 23.7. The smallest absolute Gasteiger partial charge is 0.305 e. The number of rotatable bonds is 5. The molecule has 0 bridgehead atoms. The second kappa shape index (κ2) is 7.72. The maximum Gasteiger partial charge on any atom is 0.305 e. The summed E-state index contributed by atoms with van der Waals surface area (Å²) in [7, 11) is 0. The summed E-state index contributed by atoms with van der Waals surface area (Å²) >= 11 is 0. The lowest BCUT2D eigenvalue weighted by Gasteiger charge is -2.29. The molecule has 0 heterocycles. The van der Waals surface area contributed by atoms with Gasteiger partial charge in [-0.05, 0) is 29.4 Å². The van der Waals surface area contributed by atoms with E-state index in [-0.39, 0.29) is 43.4 Å². The average molecular weight is 367 g/mol. The number of halogens is 2. The summed E-state index contributed by atoms with van der Waals surface area (Å²) in [5.74, 6) is -4.54. The minimum absolute atomic E-state index is 0.0304. The van der Waals surface area contributed by atoms with Gasteiger partial charge in [0.05, 0.1) is 12.5 Å². The van der Waals surface area contributed by atoms with Crippen LogP contribution in [0.25, 0.3) is 0 Å². The highest BCUT2D eigenvalue weighted by molar-refractivity contribution is 5.80. The van der Waals surface area contributed by atoms with Crippen molar-refractivity contribution in [1.82, 2.24) is 5.32 Å². The summed E-state index contributed by atoms with van der Waals surface area (Å²) in [6.45, 7) is 6.24. The molecule has 1 aliphatic rings. The number of amides is 1. The molecule has 26 heavy (non-hydrogen) atoms. The maximum absolute atomic E-state index is 13.3. The average Bonchev–Trinajstić information content (AvgIpc) is 2.53. The van der Waals surface area contributed by atoms with Crippen LogP contribution >= 0.6 is 0 Å². The highest BCUT2D eigenvalue weighted by Crippen LogP contribution is 2.36. The van der Waals surface area contributed by atoms with Gasteiger partial charge in [0.15, 0.2) is 0 Å².